The Bertz CT molecular complexity index is 540. The summed E-state index contributed by atoms with van der Waals surface area (Å²) < 4.78 is 0. The van der Waals surface area contributed by atoms with E-state index in [9.17, 15) is 9.59 Å². The van der Waals surface area contributed by atoms with Crippen LogP contribution < -0.4 is 10.6 Å². The Hall–Kier alpha value is -1.88. The van der Waals surface area contributed by atoms with Crippen molar-refractivity contribution < 1.29 is 14.7 Å². The molecule has 0 spiro atoms. The molecule has 2 rings (SSSR count). The van der Waals surface area contributed by atoms with E-state index >= 15 is 0 Å². The molecule has 5 nitrogen and oxygen atoms in total. The number of anilines is 1. The number of rotatable bonds is 4. The summed E-state index contributed by atoms with van der Waals surface area (Å²) in [6, 6.07) is 6.77. The van der Waals surface area contributed by atoms with E-state index in [1.165, 1.54) is 0 Å². The van der Waals surface area contributed by atoms with Crippen molar-refractivity contribution in [3.05, 3.63) is 29.8 Å². The van der Waals surface area contributed by atoms with E-state index in [1.807, 2.05) is 0 Å². The monoisotopic (exact) mass is 290 g/mol. The molecule has 1 aliphatic heterocycles. The fourth-order valence-corrected chi connectivity index (χ4v) is 2.82. The highest BCUT2D eigenvalue weighted by atomic mass is 16.4. The number of nitrogens with one attached hydrogen (secondary N) is 2. The number of carboxylic acids is 1. The lowest BCUT2D eigenvalue weighted by molar-refractivity contribution is -0.136. The van der Waals surface area contributed by atoms with Gasteiger partial charge in [-0.1, -0.05) is 32.0 Å². The van der Waals surface area contributed by atoms with Crippen LogP contribution in [0, 0.1) is 5.41 Å². The quantitative estimate of drug-likeness (QED) is 0.793. The van der Waals surface area contributed by atoms with Crippen LogP contribution >= 0.6 is 0 Å². The fraction of sp³-hybridized carbons (Fsp3) is 0.500. The Balaban J connectivity index is 2.14. The Labute approximate surface area is 124 Å². The molecule has 1 aromatic carbocycles. The predicted octanol–water partition coefficient (Wildman–Crippen LogP) is 2.03. The SMILES string of the molecule is CC1(C)CCCNC1C(=O)Nc1ccccc1CC(=O)O. The van der Waals surface area contributed by atoms with Gasteiger partial charge in [0.1, 0.15) is 0 Å². The highest BCUT2D eigenvalue weighted by Gasteiger charge is 2.37. The molecule has 1 heterocycles. The van der Waals surface area contributed by atoms with Crippen molar-refractivity contribution in [2.75, 3.05) is 11.9 Å². The summed E-state index contributed by atoms with van der Waals surface area (Å²) in [4.78, 5) is 23.4. The van der Waals surface area contributed by atoms with Gasteiger partial charge in [-0.2, -0.15) is 0 Å². The van der Waals surface area contributed by atoms with E-state index in [0.717, 1.165) is 19.4 Å². The lowest BCUT2D eigenvalue weighted by Crippen LogP contribution is -2.53. The molecule has 1 saturated heterocycles. The van der Waals surface area contributed by atoms with Gasteiger partial charge >= 0.3 is 5.97 Å². The van der Waals surface area contributed by atoms with Crippen LogP contribution in [0.1, 0.15) is 32.3 Å². The molecule has 21 heavy (non-hydrogen) atoms. The number of piperidine rings is 1. The van der Waals surface area contributed by atoms with Crippen LogP contribution in [0.2, 0.25) is 0 Å². The minimum Gasteiger partial charge on any atom is -0.481 e. The zero-order valence-corrected chi connectivity index (χ0v) is 12.5. The summed E-state index contributed by atoms with van der Waals surface area (Å²) in [7, 11) is 0. The second kappa shape index (κ2) is 6.26. The molecular formula is C16H22N2O3. The number of para-hydroxylation sites is 1. The van der Waals surface area contributed by atoms with Crippen molar-refractivity contribution in [2.45, 2.75) is 39.2 Å². The summed E-state index contributed by atoms with van der Waals surface area (Å²) in [6.07, 6.45) is 1.96. The van der Waals surface area contributed by atoms with Crippen LogP contribution in [0.25, 0.3) is 0 Å². The number of hydrogen-bond donors (Lipinski definition) is 3. The molecular weight excluding hydrogens is 268 g/mol. The standard InChI is InChI=1S/C16H22N2O3/c1-16(2)8-5-9-17-14(16)15(21)18-12-7-4-3-6-11(12)10-13(19)20/h3-4,6-7,14,17H,5,8-10H2,1-2H3,(H,18,21)(H,19,20). The third kappa shape index (κ3) is 3.82. The molecule has 0 bridgehead atoms. The van der Waals surface area contributed by atoms with Gasteiger partial charge in [-0.15, -0.1) is 0 Å². The molecule has 1 aromatic rings. The minimum atomic E-state index is -0.909. The van der Waals surface area contributed by atoms with Gasteiger partial charge in [0.25, 0.3) is 0 Å². The molecule has 114 valence electrons. The summed E-state index contributed by atoms with van der Waals surface area (Å²) in [5.41, 5.74) is 1.09. The molecule has 1 amide bonds. The summed E-state index contributed by atoms with van der Waals surface area (Å²) in [5.74, 6) is -1.01. The van der Waals surface area contributed by atoms with Gasteiger partial charge in [0.05, 0.1) is 12.5 Å². The fourth-order valence-electron chi connectivity index (χ4n) is 2.82. The van der Waals surface area contributed by atoms with Gasteiger partial charge < -0.3 is 15.7 Å². The van der Waals surface area contributed by atoms with Crippen molar-refractivity contribution in [1.29, 1.82) is 0 Å². The number of benzene rings is 1. The second-order valence-electron chi connectivity index (χ2n) is 6.20. The van der Waals surface area contributed by atoms with Crippen molar-refractivity contribution >= 4 is 17.6 Å². The summed E-state index contributed by atoms with van der Waals surface area (Å²) >= 11 is 0. The van der Waals surface area contributed by atoms with E-state index in [1.54, 1.807) is 24.3 Å². The van der Waals surface area contributed by atoms with Gasteiger partial charge in [0.15, 0.2) is 0 Å². The van der Waals surface area contributed by atoms with Crippen LogP contribution in [-0.2, 0) is 16.0 Å². The van der Waals surface area contributed by atoms with Gasteiger partial charge in [0, 0.05) is 5.69 Å². The topological polar surface area (TPSA) is 78.4 Å². The number of hydrogen-bond acceptors (Lipinski definition) is 3. The van der Waals surface area contributed by atoms with Crippen LogP contribution in [-0.4, -0.2) is 29.6 Å². The average molecular weight is 290 g/mol. The Kier molecular flexibility index (Phi) is 4.63. The predicted molar refractivity (Wildman–Crippen MR) is 81.2 cm³/mol. The maximum atomic E-state index is 12.5. The van der Waals surface area contributed by atoms with Crippen LogP contribution in [0.3, 0.4) is 0 Å². The van der Waals surface area contributed by atoms with Crippen molar-refractivity contribution in [3.63, 3.8) is 0 Å². The first kappa shape index (κ1) is 15.5. The van der Waals surface area contributed by atoms with Crippen molar-refractivity contribution in [2.24, 2.45) is 5.41 Å². The molecule has 1 unspecified atom stereocenters. The van der Waals surface area contributed by atoms with Gasteiger partial charge in [-0.25, -0.2) is 0 Å². The van der Waals surface area contributed by atoms with E-state index in [4.69, 9.17) is 5.11 Å². The number of amides is 1. The minimum absolute atomic E-state index is 0.0993. The van der Waals surface area contributed by atoms with Crippen molar-refractivity contribution in [3.8, 4) is 0 Å². The first-order chi connectivity index (χ1) is 9.90. The first-order valence-corrected chi connectivity index (χ1v) is 7.24. The second-order valence-corrected chi connectivity index (χ2v) is 6.20. The largest absolute Gasteiger partial charge is 0.481 e. The highest BCUT2D eigenvalue weighted by molar-refractivity contribution is 5.96. The van der Waals surface area contributed by atoms with Gasteiger partial charge in [0.2, 0.25) is 5.91 Å². The van der Waals surface area contributed by atoms with Crippen LogP contribution in [0.4, 0.5) is 5.69 Å². The molecule has 3 N–H and O–H groups in total. The molecule has 5 heteroatoms. The molecule has 1 atom stereocenters. The molecule has 0 aliphatic carbocycles. The van der Waals surface area contributed by atoms with Crippen LogP contribution in [0.15, 0.2) is 24.3 Å². The summed E-state index contributed by atoms with van der Waals surface area (Å²) in [5, 5.41) is 15.1. The molecule has 0 saturated carbocycles. The molecule has 0 radical (unpaired) electrons. The lowest BCUT2D eigenvalue weighted by Gasteiger charge is -2.38. The van der Waals surface area contributed by atoms with E-state index < -0.39 is 5.97 Å². The number of aliphatic carboxylic acids is 1. The van der Waals surface area contributed by atoms with Gasteiger partial charge in [-0.05, 0) is 36.4 Å². The average Bonchev–Trinajstić information content (AvgIpc) is 2.39. The zero-order chi connectivity index (χ0) is 15.5. The maximum absolute atomic E-state index is 12.5. The van der Waals surface area contributed by atoms with Gasteiger partial charge in [-0.3, -0.25) is 9.59 Å². The number of carbonyl (C=O) groups excluding carboxylic acids is 1. The molecule has 0 aromatic heterocycles. The third-order valence-corrected chi connectivity index (χ3v) is 4.01. The summed E-state index contributed by atoms with van der Waals surface area (Å²) in [6.45, 7) is 4.98. The zero-order valence-electron chi connectivity index (χ0n) is 12.5. The number of carboxylic acid groups (broad SMARTS) is 1. The Morgan fingerprint density at radius 1 is 1.38 bits per heavy atom. The smallest absolute Gasteiger partial charge is 0.307 e. The third-order valence-electron chi connectivity index (χ3n) is 4.01. The maximum Gasteiger partial charge on any atom is 0.307 e. The lowest BCUT2D eigenvalue weighted by atomic mass is 9.77. The first-order valence-electron chi connectivity index (χ1n) is 7.24. The number of carbonyl (C=O) groups is 2. The van der Waals surface area contributed by atoms with E-state index in [-0.39, 0.29) is 23.8 Å². The Morgan fingerprint density at radius 2 is 2.10 bits per heavy atom. The van der Waals surface area contributed by atoms with Crippen molar-refractivity contribution in [1.82, 2.24) is 5.32 Å². The normalized spacial score (nSPS) is 20.8. The van der Waals surface area contributed by atoms with E-state index in [0.29, 0.717) is 11.3 Å². The molecule has 1 fully saturated rings. The Morgan fingerprint density at radius 3 is 2.76 bits per heavy atom. The molecule has 1 aliphatic rings. The van der Waals surface area contributed by atoms with E-state index in [2.05, 4.69) is 24.5 Å². The highest BCUT2D eigenvalue weighted by Crippen LogP contribution is 2.31. The van der Waals surface area contributed by atoms with Crippen LogP contribution in [0.5, 0.6) is 0 Å².